The number of methoxy groups -OCH3 is 2. The maximum Gasteiger partial charge on any atom is 0.123 e. The van der Waals surface area contributed by atoms with Gasteiger partial charge in [-0.2, -0.15) is 5.10 Å². The van der Waals surface area contributed by atoms with Gasteiger partial charge >= 0.3 is 0 Å². The summed E-state index contributed by atoms with van der Waals surface area (Å²) in [5, 5.41) is 12.2. The molecular formula is C28H31N5O3. The molecule has 0 unspecified atom stereocenters. The number of anilines is 1. The molecule has 2 saturated heterocycles. The molecular weight excluding hydrogens is 454 g/mol. The Labute approximate surface area is 210 Å². The molecule has 36 heavy (non-hydrogen) atoms. The molecule has 6 rings (SSSR count). The fourth-order valence-electron chi connectivity index (χ4n) is 5.22. The summed E-state index contributed by atoms with van der Waals surface area (Å²) < 4.78 is 16.5. The average molecular weight is 486 g/mol. The van der Waals surface area contributed by atoms with E-state index >= 15 is 0 Å². The second kappa shape index (κ2) is 9.79. The third-order valence-corrected chi connectivity index (χ3v) is 7.25. The number of aromatic nitrogens is 3. The molecule has 0 spiro atoms. The predicted octanol–water partition coefficient (Wildman–Crippen LogP) is 4.27. The third-order valence-electron chi connectivity index (χ3n) is 7.25. The lowest BCUT2D eigenvalue weighted by Crippen LogP contribution is -2.53. The van der Waals surface area contributed by atoms with Crippen LogP contribution in [0.4, 0.5) is 5.69 Å². The van der Waals surface area contributed by atoms with Gasteiger partial charge in [0.1, 0.15) is 11.5 Å². The van der Waals surface area contributed by atoms with Gasteiger partial charge in [-0.15, -0.1) is 0 Å². The minimum absolute atomic E-state index is 0.499. The van der Waals surface area contributed by atoms with E-state index in [1.54, 1.807) is 14.2 Å². The van der Waals surface area contributed by atoms with Crippen LogP contribution in [0.25, 0.3) is 33.2 Å². The summed E-state index contributed by atoms with van der Waals surface area (Å²) in [7, 11) is 3.36. The Bertz CT molecular complexity index is 1340. The van der Waals surface area contributed by atoms with Crippen molar-refractivity contribution in [2.45, 2.75) is 24.9 Å². The highest BCUT2D eigenvalue weighted by Gasteiger charge is 2.28. The Balaban J connectivity index is 1.42. The monoisotopic (exact) mass is 485 g/mol. The molecule has 0 saturated carbocycles. The maximum atomic E-state index is 5.58. The summed E-state index contributed by atoms with van der Waals surface area (Å²) in [6.07, 6.45) is 7.95. The number of piperidine rings is 1. The summed E-state index contributed by atoms with van der Waals surface area (Å²) in [4.78, 5) is 7.19. The van der Waals surface area contributed by atoms with Gasteiger partial charge in [0.25, 0.3) is 0 Å². The molecule has 0 atom stereocenters. The molecule has 2 aliphatic heterocycles. The van der Waals surface area contributed by atoms with Crippen molar-refractivity contribution in [3.8, 4) is 33.8 Å². The topological polar surface area (TPSA) is 84.5 Å². The average Bonchev–Trinajstić information content (AvgIpc) is 3.38. The van der Waals surface area contributed by atoms with Gasteiger partial charge in [-0.05, 0) is 42.2 Å². The zero-order valence-electron chi connectivity index (χ0n) is 20.7. The molecule has 2 N–H and O–H groups in total. The van der Waals surface area contributed by atoms with Crippen molar-refractivity contribution in [1.82, 2.24) is 20.5 Å². The van der Waals surface area contributed by atoms with E-state index in [0.29, 0.717) is 12.1 Å². The van der Waals surface area contributed by atoms with Gasteiger partial charge in [0.05, 0.1) is 50.9 Å². The molecule has 0 aliphatic carbocycles. The smallest absolute Gasteiger partial charge is 0.123 e. The second-order valence-corrected chi connectivity index (χ2v) is 9.52. The van der Waals surface area contributed by atoms with Crippen LogP contribution in [0.5, 0.6) is 11.5 Å². The minimum Gasteiger partial charge on any atom is -0.497 e. The summed E-state index contributed by atoms with van der Waals surface area (Å²) in [5.74, 6) is 1.51. The first-order valence-electron chi connectivity index (χ1n) is 12.5. The fourth-order valence-corrected chi connectivity index (χ4v) is 5.22. The minimum atomic E-state index is 0.499. The Morgan fingerprint density at radius 2 is 1.61 bits per heavy atom. The highest BCUT2D eigenvalue weighted by molar-refractivity contribution is 5.93. The lowest BCUT2D eigenvalue weighted by atomic mass is 9.94. The van der Waals surface area contributed by atoms with Crippen LogP contribution >= 0.6 is 0 Å². The van der Waals surface area contributed by atoms with E-state index in [1.165, 1.54) is 5.69 Å². The van der Waals surface area contributed by atoms with Crippen molar-refractivity contribution in [3.05, 3.63) is 55.0 Å². The van der Waals surface area contributed by atoms with Crippen LogP contribution < -0.4 is 19.7 Å². The van der Waals surface area contributed by atoms with Crippen molar-refractivity contribution < 1.29 is 14.2 Å². The Morgan fingerprint density at radius 1 is 0.889 bits per heavy atom. The van der Waals surface area contributed by atoms with E-state index in [9.17, 15) is 0 Å². The van der Waals surface area contributed by atoms with E-state index in [4.69, 9.17) is 14.2 Å². The molecule has 0 amide bonds. The lowest BCUT2D eigenvalue weighted by Gasteiger charge is -2.39. The number of ether oxygens (including phenoxy) is 3. The normalized spacial score (nSPS) is 16.8. The first-order valence-corrected chi connectivity index (χ1v) is 12.5. The van der Waals surface area contributed by atoms with Gasteiger partial charge in [-0.3, -0.25) is 10.1 Å². The van der Waals surface area contributed by atoms with Crippen molar-refractivity contribution in [3.63, 3.8) is 0 Å². The fraction of sp³-hybridized carbons (Fsp3) is 0.357. The van der Waals surface area contributed by atoms with Gasteiger partial charge in [-0.25, -0.2) is 0 Å². The van der Waals surface area contributed by atoms with E-state index in [0.717, 1.165) is 83.8 Å². The number of fused-ring (bicyclic) bond motifs is 1. The molecule has 2 aromatic heterocycles. The quantitative estimate of drug-likeness (QED) is 0.404. The first kappa shape index (κ1) is 22.8. The number of nitrogens with zero attached hydrogens (tertiary/aromatic N) is 3. The lowest BCUT2D eigenvalue weighted by molar-refractivity contribution is -0.0111. The van der Waals surface area contributed by atoms with Gasteiger partial charge in [-0.1, -0.05) is 12.1 Å². The van der Waals surface area contributed by atoms with E-state index in [2.05, 4.69) is 55.7 Å². The predicted molar refractivity (Wildman–Crippen MR) is 141 cm³/mol. The molecule has 2 aromatic carbocycles. The SMILES string of the molecule is COc1cc(OC)cc(-c2cncc(-c3ccc4cn[nH]c4c3)c2N2CCC(NC3COC3)CC2)c1. The molecule has 186 valence electrons. The number of pyridine rings is 1. The van der Waals surface area contributed by atoms with Crippen LogP contribution in [0.3, 0.4) is 0 Å². The summed E-state index contributed by atoms with van der Waals surface area (Å²) >= 11 is 0. The molecule has 2 fully saturated rings. The highest BCUT2D eigenvalue weighted by Crippen LogP contribution is 2.42. The number of hydrogen-bond donors (Lipinski definition) is 2. The van der Waals surface area contributed by atoms with Gasteiger partial charge < -0.3 is 24.4 Å². The molecule has 8 nitrogen and oxygen atoms in total. The third kappa shape index (κ3) is 4.38. The van der Waals surface area contributed by atoms with Crippen molar-refractivity contribution >= 4 is 16.6 Å². The van der Waals surface area contributed by atoms with Gasteiger partial charge in [0.2, 0.25) is 0 Å². The Hall–Kier alpha value is -3.62. The molecule has 2 aliphatic rings. The summed E-state index contributed by atoms with van der Waals surface area (Å²) in [6, 6.07) is 13.4. The zero-order valence-corrected chi connectivity index (χ0v) is 20.7. The van der Waals surface area contributed by atoms with Crippen molar-refractivity contribution in [2.24, 2.45) is 0 Å². The first-order chi connectivity index (χ1) is 17.7. The van der Waals surface area contributed by atoms with Gasteiger partial charge in [0, 0.05) is 54.1 Å². The highest BCUT2D eigenvalue weighted by atomic mass is 16.5. The second-order valence-electron chi connectivity index (χ2n) is 9.52. The van der Waals surface area contributed by atoms with E-state index in [1.807, 2.05) is 24.7 Å². The van der Waals surface area contributed by atoms with Crippen LogP contribution in [0.2, 0.25) is 0 Å². The summed E-state index contributed by atoms with van der Waals surface area (Å²) in [5.41, 5.74) is 6.49. The number of aromatic amines is 1. The van der Waals surface area contributed by atoms with E-state index in [-0.39, 0.29) is 0 Å². The molecule has 4 heterocycles. The largest absolute Gasteiger partial charge is 0.497 e. The van der Waals surface area contributed by atoms with Crippen molar-refractivity contribution in [2.75, 3.05) is 45.4 Å². The zero-order chi connectivity index (χ0) is 24.5. The number of rotatable bonds is 7. The van der Waals surface area contributed by atoms with Gasteiger partial charge in [0.15, 0.2) is 0 Å². The van der Waals surface area contributed by atoms with Crippen LogP contribution in [0, 0.1) is 0 Å². The molecule has 0 bridgehead atoms. The maximum absolute atomic E-state index is 5.58. The van der Waals surface area contributed by atoms with E-state index < -0.39 is 0 Å². The standard InChI is InChI=1S/C28H31N5O3/c1-34-23-9-20(10-24(12-23)35-2)26-15-29-14-25(18-3-4-19-13-30-32-27(19)11-18)28(26)33-7-5-21(6-8-33)31-22-16-36-17-22/h3-4,9-15,21-22,31H,5-8,16-17H2,1-2H3,(H,30,32). The number of H-pyrrole nitrogens is 1. The van der Waals surface area contributed by atoms with Crippen molar-refractivity contribution in [1.29, 1.82) is 0 Å². The Morgan fingerprint density at radius 3 is 2.28 bits per heavy atom. The van der Waals surface area contributed by atoms with Crippen LogP contribution in [0.1, 0.15) is 12.8 Å². The van der Waals surface area contributed by atoms with Crippen LogP contribution in [-0.4, -0.2) is 67.8 Å². The summed E-state index contributed by atoms with van der Waals surface area (Å²) in [6.45, 7) is 3.57. The number of hydrogen-bond acceptors (Lipinski definition) is 7. The molecule has 4 aromatic rings. The molecule has 8 heteroatoms. The van der Waals surface area contributed by atoms with Crippen LogP contribution in [0.15, 0.2) is 55.0 Å². The number of benzene rings is 2. The Kier molecular flexibility index (Phi) is 6.21. The molecule has 0 radical (unpaired) electrons. The number of nitrogens with one attached hydrogen (secondary N) is 2. The van der Waals surface area contributed by atoms with Crippen LogP contribution in [-0.2, 0) is 4.74 Å².